The van der Waals surface area contributed by atoms with Crippen molar-refractivity contribution < 1.29 is 14.5 Å². The monoisotopic (exact) mass is 439 g/mol. The molecule has 9 heteroatoms. The Morgan fingerprint density at radius 1 is 1.03 bits per heavy atom. The van der Waals surface area contributed by atoms with E-state index in [2.05, 4.69) is 0 Å². The van der Waals surface area contributed by atoms with Gasteiger partial charge in [0.2, 0.25) is 0 Å². The van der Waals surface area contributed by atoms with E-state index < -0.39 is 4.92 Å². The van der Waals surface area contributed by atoms with E-state index in [4.69, 9.17) is 11.6 Å². The van der Waals surface area contributed by atoms with Crippen LogP contribution in [0, 0.1) is 10.1 Å². The number of carbonyl (C=O) groups excluding carboxylic acids is 2. The molecule has 0 atom stereocenters. The summed E-state index contributed by atoms with van der Waals surface area (Å²) in [7, 11) is 0. The molecule has 0 unspecified atom stereocenters. The highest BCUT2D eigenvalue weighted by molar-refractivity contribution is 8.18. The van der Waals surface area contributed by atoms with Crippen LogP contribution in [0.4, 0.5) is 10.5 Å². The van der Waals surface area contributed by atoms with E-state index >= 15 is 0 Å². The molecular weight excluding hydrogens is 426 g/mol. The maximum atomic E-state index is 12.8. The number of imide groups is 1. The number of nitro benzene ring substituents is 1. The smallest absolute Gasteiger partial charge is 0.293 e. The van der Waals surface area contributed by atoms with Gasteiger partial charge in [-0.1, -0.05) is 29.8 Å². The number of aromatic nitrogens is 1. The molecule has 1 fully saturated rings. The zero-order chi connectivity index (χ0) is 21.3. The number of benzene rings is 2. The van der Waals surface area contributed by atoms with Crippen LogP contribution in [0.1, 0.15) is 11.3 Å². The van der Waals surface area contributed by atoms with Crippen molar-refractivity contribution in [2.75, 3.05) is 0 Å². The number of nitro groups is 1. The molecule has 0 bridgehead atoms. The SMILES string of the molecule is O=C1S/C(=C\c2cccn2-c2ccc([N+](=O)[O-])cc2)C(=O)N1Cc1ccccc1Cl. The summed E-state index contributed by atoms with van der Waals surface area (Å²) in [5.74, 6) is -0.388. The van der Waals surface area contributed by atoms with E-state index in [1.807, 2.05) is 0 Å². The zero-order valence-electron chi connectivity index (χ0n) is 15.4. The molecule has 1 aliphatic heterocycles. The summed E-state index contributed by atoms with van der Waals surface area (Å²) in [4.78, 5) is 37.1. The maximum absolute atomic E-state index is 12.8. The molecule has 0 saturated carbocycles. The zero-order valence-corrected chi connectivity index (χ0v) is 17.0. The van der Waals surface area contributed by atoms with Crippen molar-refractivity contribution >= 4 is 46.3 Å². The first-order valence-corrected chi connectivity index (χ1v) is 10.0. The molecule has 2 aromatic carbocycles. The molecule has 4 rings (SSSR count). The summed E-state index contributed by atoms with van der Waals surface area (Å²) < 4.78 is 1.78. The molecule has 0 spiro atoms. The molecule has 1 aromatic heterocycles. The van der Waals surface area contributed by atoms with Crippen LogP contribution in [0.5, 0.6) is 0 Å². The summed E-state index contributed by atoms with van der Waals surface area (Å²) in [6, 6.07) is 16.7. The maximum Gasteiger partial charge on any atom is 0.293 e. The second-order valence-electron chi connectivity index (χ2n) is 6.44. The van der Waals surface area contributed by atoms with Crippen LogP contribution in [0.25, 0.3) is 11.8 Å². The number of hydrogen-bond acceptors (Lipinski definition) is 5. The fourth-order valence-corrected chi connectivity index (χ4v) is 4.07. The molecule has 0 radical (unpaired) electrons. The van der Waals surface area contributed by atoms with Crippen molar-refractivity contribution in [1.29, 1.82) is 0 Å². The van der Waals surface area contributed by atoms with Gasteiger partial charge in [-0.3, -0.25) is 24.6 Å². The second-order valence-corrected chi connectivity index (χ2v) is 7.84. The highest BCUT2D eigenvalue weighted by Crippen LogP contribution is 2.34. The topological polar surface area (TPSA) is 85.5 Å². The lowest BCUT2D eigenvalue weighted by atomic mass is 10.2. The summed E-state index contributed by atoms with van der Waals surface area (Å²) in [5, 5.41) is 11.0. The number of non-ortho nitro benzene ring substituents is 1. The first-order valence-electron chi connectivity index (χ1n) is 8.85. The number of amides is 2. The lowest BCUT2D eigenvalue weighted by Gasteiger charge is -2.13. The number of carbonyl (C=O) groups is 2. The van der Waals surface area contributed by atoms with E-state index in [1.165, 1.54) is 12.1 Å². The summed E-state index contributed by atoms with van der Waals surface area (Å²) in [6.07, 6.45) is 3.42. The van der Waals surface area contributed by atoms with E-state index in [0.29, 0.717) is 26.9 Å². The number of halogens is 1. The predicted molar refractivity (Wildman–Crippen MR) is 115 cm³/mol. The van der Waals surface area contributed by atoms with Gasteiger partial charge >= 0.3 is 0 Å². The minimum atomic E-state index is -0.463. The van der Waals surface area contributed by atoms with Gasteiger partial charge in [-0.2, -0.15) is 0 Å². The van der Waals surface area contributed by atoms with Gasteiger partial charge in [0.05, 0.1) is 16.4 Å². The molecule has 2 amide bonds. The summed E-state index contributed by atoms with van der Waals surface area (Å²) >= 11 is 7.02. The van der Waals surface area contributed by atoms with Gasteiger partial charge in [-0.05, 0) is 53.7 Å². The minimum Gasteiger partial charge on any atom is -0.317 e. The third-order valence-corrected chi connectivity index (χ3v) is 5.83. The number of hydrogen-bond donors (Lipinski definition) is 0. The number of thioether (sulfide) groups is 1. The molecule has 1 aliphatic rings. The van der Waals surface area contributed by atoms with Gasteiger partial charge in [-0.25, -0.2) is 0 Å². The standard InChI is InChI=1S/C21H14ClN3O4S/c22-18-6-2-1-4-14(18)13-24-20(26)19(30-21(24)27)12-17-5-3-11-23(17)15-7-9-16(10-8-15)25(28)29/h1-12H,13H2/b19-12-. The third-order valence-electron chi connectivity index (χ3n) is 4.56. The quantitative estimate of drug-likeness (QED) is 0.307. The Bertz CT molecular complexity index is 1190. The van der Waals surface area contributed by atoms with E-state index in [9.17, 15) is 19.7 Å². The minimum absolute atomic E-state index is 0.00634. The van der Waals surface area contributed by atoms with Gasteiger partial charge in [0.15, 0.2) is 0 Å². The van der Waals surface area contributed by atoms with E-state index in [0.717, 1.165) is 16.7 Å². The summed E-state index contributed by atoms with van der Waals surface area (Å²) in [5.41, 5.74) is 2.06. The van der Waals surface area contributed by atoms with Crippen LogP contribution in [0.2, 0.25) is 5.02 Å². The Balaban J connectivity index is 1.60. The van der Waals surface area contributed by atoms with Crippen LogP contribution in [0.15, 0.2) is 71.8 Å². The molecule has 3 aromatic rings. The number of rotatable bonds is 5. The fourth-order valence-electron chi connectivity index (χ4n) is 3.05. The van der Waals surface area contributed by atoms with Crippen molar-refractivity contribution in [2.45, 2.75) is 6.54 Å². The lowest BCUT2D eigenvalue weighted by molar-refractivity contribution is -0.384. The molecular formula is C21H14ClN3O4S. The van der Waals surface area contributed by atoms with E-state index in [-0.39, 0.29) is 23.4 Å². The lowest BCUT2D eigenvalue weighted by Crippen LogP contribution is -2.27. The van der Waals surface area contributed by atoms with Crippen LogP contribution in [0.3, 0.4) is 0 Å². The van der Waals surface area contributed by atoms with Crippen molar-refractivity contribution in [2.24, 2.45) is 0 Å². The van der Waals surface area contributed by atoms with Gasteiger partial charge in [0.25, 0.3) is 16.8 Å². The van der Waals surface area contributed by atoms with Crippen LogP contribution < -0.4 is 0 Å². The Morgan fingerprint density at radius 2 is 1.77 bits per heavy atom. The van der Waals surface area contributed by atoms with Gasteiger partial charge < -0.3 is 4.57 Å². The molecule has 2 heterocycles. The van der Waals surface area contributed by atoms with Crippen molar-refractivity contribution in [3.05, 3.63) is 98.2 Å². The van der Waals surface area contributed by atoms with Gasteiger partial charge in [0.1, 0.15) is 0 Å². The van der Waals surface area contributed by atoms with Crippen LogP contribution in [-0.2, 0) is 11.3 Å². The first kappa shape index (κ1) is 19.9. The third kappa shape index (κ3) is 3.87. The van der Waals surface area contributed by atoms with Crippen molar-refractivity contribution in [3.8, 4) is 5.69 Å². The average molecular weight is 440 g/mol. The molecule has 7 nitrogen and oxygen atoms in total. The number of nitrogens with zero attached hydrogens (tertiary/aromatic N) is 3. The molecule has 0 N–H and O–H groups in total. The van der Waals surface area contributed by atoms with E-state index in [1.54, 1.807) is 65.4 Å². The Hall–Kier alpha value is -3.36. The predicted octanol–water partition coefficient (Wildman–Crippen LogP) is 5.28. The highest BCUT2D eigenvalue weighted by Gasteiger charge is 2.35. The van der Waals surface area contributed by atoms with Gasteiger partial charge in [0, 0.05) is 34.7 Å². The van der Waals surface area contributed by atoms with Crippen molar-refractivity contribution in [1.82, 2.24) is 9.47 Å². The molecule has 0 aliphatic carbocycles. The Labute approximate surface area is 180 Å². The Morgan fingerprint density at radius 3 is 2.47 bits per heavy atom. The fraction of sp³-hybridized carbons (Fsp3) is 0.0476. The molecule has 150 valence electrons. The average Bonchev–Trinajstić information content (AvgIpc) is 3.30. The van der Waals surface area contributed by atoms with Crippen LogP contribution >= 0.6 is 23.4 Å². The normalized spacial score (nSPS) is 15.2. The molecule has 30 heavy (non-hydrogen) atoms. The highest BCUT2D eigenvalue weighted by atomic mass is 35.5. The second kappa shape index (κ2) is 8.17. The largest absolute Gasteiger partial charge is 0.317 e. The Kier molecular flexibility index (Phi) is 5.43. The summed E-state index contributed by atoms with van der Waals surface area (Å²) in [6.45, 7) is 0.102. The van der Waals surface area contributed by atoms with Crippen molar-refractivity contribution in [3.63, 3.8) is 0 Å². The van der Waals surface area contributed by atoms with Crippen LogP contribution in [-0.4, -0.2) is 25.5 Å². The first-order chi connectivity index (χ1) is 14.4. The molecule has 1 saturated heterocycles. The van der Waals surface area contributed by atoms with Gasteiger partial charge in [-0.15, -0.1) is 0 Å².